The molecule has 2 aliphatic heterocycles. The van der Waals surface area contributed by atoms with Gasteiger partial charge in [0.25, 0.3) is 0 Å². The van der Waals surface area contributed by atoms with Gasteiger partial charge in [-0.3, -0.25) is 9.88 Å². The first-order valence-corrected chi connectivity index (χ1v) is 10.6. The monoisotopic (exact) mass is 405 g/mol. The fraction of sp³-hybridized carbons (Fsp3) is 0.455. The highest BCUT2D eigenvalue weighted by Gasteiger charge is 2.31. The number of anilines is 1. The molecule has 0 aliphatic carbocycles. The van der Waals surface area contributed by atoms with Crippen LogP contribution in [-0.4, -0.2) is 69.7 Å². The van der Waals surface area contributed by atoms with E-state index >= 15 is 0 Å². The van der Waals surface area contributed by atoms with Gasteiger partial charge in [-0.2, -0.15) is 4.98 Å². The average molecular weight is 406 g/mol. The second-order valence-corrected chi connectivity index (χ2v) is 8.14. The first kappa shape index (κ1) is 19.1. The Hall–Kier alpha value is -2.84. The average Bonchev–Trinajstić information content (AvgIpc) is 3.45. The van der Waals surface area contributed by atoms with Gasteiger partial charge >= 0.3 is 0 Å². The Kier molecular flexibility index (Phi) is 5.42. The topological polar surface area (TPSA) is 74.4 Å². The molecule has 1 atom stereocenters. The van der Waals surface area contributed by atoms with Crippen LogP contribution in [0.1, 0.15) is 30.3 Å². The Bertz CT molecular complexity index is 951. The van der Waals surface area contributed by atoms with E-state index in [4.69, 9.17) is 9.51 Å². The van der Waals surface area contributed by atoms with Gasteiger partial charge in [0.1, 0.15) is 5.82 Å². The molecule has 2 aliphatic rings. The number of aromatic nitrogens is 4. The van der Waals surface area contributed by atoms with Crippen LogP contribution in [0.3, 0.4) is 0 Å². The summed E-state index contributed by atoms with van der Waals surface area (Å²) in [4.78, 5) is 20.5. The number of likely N-dealkylation sites (tertiary alicyclic amines) is 1. The van der Waals surface area contributed by atoms with Crippen LogP contribution < -0.4 is 4.90 Å². The molecule has 3 aromatic rings. The quantitative estimate of drug-likeness (QED) is 0.641. The first-order chi connectivity index (χ1) is 14.8. The van der Waals surface area contributed by atoms with Crippen LogP contribution in [0.4, 0.5) is 5.82 Å². The van der Waals surface area contributed by atoms with Crippen molar-refractivity contribution in [3.63, 3.8) is 0 Å². The highest BCUT2D eigenvalue weighted by Crippen LogP contribution is 2.33. The molecule has 0 radical (unpaired) electrons. The Morgan fingerprint density at radius 1 is 1.03 bits per heavy atom. The summed E-state index contributed by atoms with van der Waals surface area (Å²) in [5.74, 6) is 2.31. The molecule has 0 amide bonds. The van der Waals surface area contributed by atoms with E-state index in [9.17, 15) is 0 Å². The Balaban J connectivity index is 1.28. The van der Waals surface area contributed by atoms with E-state index < -0.39 is 0 Å². The van der Waals surface area contributed by atoms with Crippen LogP contribution >= 0.6 is 0 Å². The molecule has 3 aromatic heterocycles. The summed E-state index contributed by atoms with van der Waals surface area (Å²) in [7, 11) is 2.16. The fourth-order valence-electron chi connectivity index (χ4n) is 4.25. The van der Waals surface area contributed by atoms with E-state index in [0.29, 0.717) is 11.7 Å². The molecule has 8 nitrogen and oxygen atoms in total. The van der Waals surface area contributed by atoms with E-state index in [-0.39, 0.29) is 6.04 Å². The van der Waals surface area contributed by atoms with E-state index in [1.54, 1.807) is 0 Å². The summed E-state index contributed by atoms with van der Waals surface area (Å²) in [5.41, 5.74) is 2.14. The second kappa shape index (κ2) is 8.49. The highest BCUT2D eigenvalue weighted by atomic mass is 16.5. The van der Waals surface area contributed by atoms with Crippen LogP contribution in [0.2, 0.25) is 0 Å². The smallest absolute Gasteiger partial charge is 0.244 e. The molecule has 2 saturated heterocycles. The number of pyridine rings is 2. The lowest BCUT2D eigenvalue weighted by Crippen LogP contribution is -2.44. The number of hydrogen-bond donors (Lipinski definition) is 0. The van der Waals surface area contributed by atoms with Gasteiger partial charge in [-0.25, -0.2) is 4.98 Å². The minimum atomic E-state index is 0.164. The molecule has 2 fully saturated rings. The molecule has 0 spiro atoms. The van der Waals surface area contributed by atoms with Gasteiger partial charge in [0, 0.05) is 56.9 Å². The predicted octanol–water partition coefficient (Wildman–Crippen LogP) is 2.62. The minimum Gasteiger partial charge on any atom is -0.354 e. The zero-order valence-electron chi connectivity index (χ0n) is 17.3. The molecule has 0 saturated carbocycles. The Morgan fingerprint density at radius 2 is 1.87 bits per heavy atom. The van der Waals surface area contributed by atoms with Crippen molar-refractivity contribution in [1.29, 1.82) is 0 Å². The third-order valence-corrected chi connectivity index (χ3v) is 6.06. The van der Waals surface area contributed by atoms with Crippen molar-refractivity contribution in [2.45, 2.75) is 25.4 Å². The summed E-state index contributed by atoms with van der Waals surface area (Å²) in [5, 5.41) is 4.24. The fourth-order valence-corrected chi connectivity index (χ4v) is 4.25. The maximum absolute atomic E-state index is 5.67. The van der Waals surface area contributed by atoms with Crippen molar-refractivity contribution in [1.82, 2.24) is 29.9 Å². The van der Waals surface area contributed by atoms with E-state index in [1.807, 2.05) is 24.7 Å². The summed E-state index contributed by atoms with van der Waals surface area (Å²) < 4.78 is 5.67. The van der Waals surface area contributed by atoms with Gasteiger partial charge < -0.3 is 14.3 Å². The van der Waals surface area contributed by atoms with Crippen LogP contribution in [0.25, 0.3) is 11.4 Å². The van der Waals surface area contributed by atoms with Crippen molar-refractivity contribution >= 4 is 5.82 Å². The highest BCUT2D eigenvalue weighted by molar-refractivity contribution is 5.56. The molecule has 8 heteroatoms. The van der Waals surface area contributed by atoms with Crippen LogP contribution in [-0.2, 0) is 6.54 Å². The lowest BCUT2D eigenvalue weighted by atomic mass is 10.2. The third kappa shape index (κ3) is 4.06. The van der Waals surface area contributed by atoms with Gasteiger partial charge in [0.2, 0.25) is 11.7 Å². The standard InChI is InChI=1S/C22H27N7O/c1-27-11-13-28(14-12-27)20-5-4-18(15-24-20)21-25-22(30-26-21)19-3-2-10-29(19)16-17-6-8-23-9-7-17/h4-9,15,19H,2-3,10-14,16H2,1H3/t19-/m0/s1. The summed E-state index contributed by atoms with van der Waals surface area (Å²) in [6.45, 7) is 6.04. The Morgan fingerprint density at radius 3 is 2.63 bits per heavy atom. The normalized spacial score (nSPS) is 20.7. The number of piperazine rings is 1. The molecule has 0 unspecified atom stereocenters. The summed E-state index contributed by atoms with van der Waals surface area (Å²) in [6.07, 6.45) is 7.70. The number of hydrogen-bond acceptors (Lipinski definition) is 8. The van der Waals surface area contributed by atoms with Gasteiger partial charge in [-0.1, -0.05) is 5.16 Å². The molecular weight excluding hydrogens is 378 g/mol. The molecule has 5 rings (SSSR count). The molecule has 0 aromatic carbocycles. The van der Waals surface area contributed by atoms with Crippen molar-refractivity contribution in [2.24, 2.45) is 0 Å². The molecule has 5 heterocycles. The van der Waals surface area contributed by atoms with E-state index in [0.717, 1.165) is 63.5 Å². The largest absolute Gasteiger partial charge is 0.354 e. The Labute approximate surface area is 176 Å². The molecule has 30 heavy (non-hydrogen) atoms. The van der Waals surface area contributed by atoms with Crippen LogP contribution in [0.5, 0.6) is 0 Å². The maximum atomic E-state index is 5.67. The predicted molar refractivity (Wildman–Crippen MR) is 114 cm³/mol. The second-order valence-electron chi connectivity index (χ2n) is 8.14. The number of likely N-dealkylation sites (N-methyl/N-ethyl adjacent to an activating group) is 1. The van der Waals surface area contributed by atoms with Crippen molar-refractivity contribution in [3.05, 3.63) is 54.3 Å². The van der Waals surface area contributed by atoms with Crippen molar-refractivity contribution in [2.75, 3.05) is 44.7 Å². The SMILES string of the molecule is CN1CCN(c2ccc(-c3noc([C@@H]4CCCN4Cc4ccncc4)n3)cn2)CC1. The van der Waals surface area contributed by atoms with Crippen molar-refractivity contribution in [3.8, 4) is 11.4 Å². The van der Waals surface area contributed by atoms with Gasteiger partial charge in [-0.15, -0.1) is 0 Å². The van der Waals surface area contributed by atoms with Crippen LogP contribution in [0.15, 0.2) is 47.4 Å². The van der Waals surface area contributed by atoms with Crippen LogP contribution in [0, 0.1) is 0 Å². The first-order valence-electron chi connectivity index (χ1n) is 10.6. The lowest BCUT2D eigenvalue weighted by molar-refractivity contribution is 0.201. The zero-order valence-corrected chi connectivity index (χ0v) is 17.3. The molecular formula is C22H27N7O. The van der Waals surface area contributed by atoms with Crippen molar-refractivity contribution < 1.29 is 4.52 Å². The van der Waals surface area contributed by atoms with E-state index in [1.165, 1.54) is 5.56 Å². The third-order valence-electron chi connectivity index (χ3n) is 6.06. The molecule has 0 bridgehead atoms. The summed E-state index contributed by atoms with van der Waals surface area (Å²) in [6, 6.07) is 8.38. The maximum Gasteiger partial charge on any atom is 0.244 e. The van der Waals surface area contributed by atoms with Gasteiger partial charge in [0.15, 0.2) is 0 Å². The summed E-state index contributed by atoms with van der Waals surface area (Å²) >= 11 is 0. The van der Waals surface area contributed by atoms with Gasteiger partial charge in [0.05, 0.1) is 6.04 Å². The number of rotatable bonds is 5. The molecule has 156 valence electrons. The van der Waals surface area contributed by atoms with E-state index in [2.05, 4.69) is 55.1 Å². The number of nitrogens with zero attached hydrogens (tertiary/aromatic N) is 7. The zero-order chi connectivity index (χ0) is 20.3. The lowest BCUT2D eigenvalue weighted by Gasteiger charge is -2.33. The minimum absolute atomic E-state index is 0.164. The molecule has 0 N–H and O–H groups in total. The van der Waals surface area contributed by atoms with Gasteiger partial charge in [-0.05, 0) is 56.3 Å².